The van der Waals surface area contributed by atoms with Crippen LogP contribution in [0.15, 0.2) is 46.9 Å². The van der Waals surface area contributed by atoms with Gasteiger partial charge >= 0.3 is 0 Å². The maximum Gasteiger partial charge on any atom is 0.124 e. The molecule has 4 heteroatoms. The molecule has 0 fully saturated rings. The molecular weight excluding hydrogens is 331 g/mol. The van der Waals surface area contributed by atoms with E-state index in [9.17, 15) is 9.50 Å². The summed E-state index contributed by atoms with van der Waals surface area (Å²) in [5.74, 6) is -0.307. The topological polar surface area (TPSA) is 20.2 Å². The van der Waals surface area contributed by atoms with Gasteiger partial charge in [-0.15, -0.1) is 0 Å². The first-order chi connectivity index (χ1) is 8.88. The predicted molar refractivity (Wildman–Crippen MR) is 78.8 cm³/mol. The Hall–Kier alpha value is -0.900. The van der Waals surface area contributed by atoms with Crippen molar-refractivity contribution in [2.45, 2.75) is 18.9 Å². The zero-order chi connectivity index (χ0) is 14.0. The first-order valence-electron chi connectivity index (χ1n) is 5.81. The van der Waals surface area contributed by atoms with Crippen molar-refractivity contribution >= 4 is 27.5 Å². The lowest BCUT2D eigenvalue weighted by atomic mass is 9.89. The first-order valence-corrected chi connectivity index (χ1v) is 6.98. The van der Waals surface area contributed by atoms with Crippen molar-refractivity contribution in [2.75, 3.05) is 0 Å². The molecule has 1 N–H and O–H groups in total. The van der Waals surface area contributed by atoms with E-state index in [1.54, 1.807) is 31.2 Å². The SMILES string of the molecule is CC(O)(Cc1ccc(F)cc1Br)c1cccc(Cl)c1. The highest BCUT2D eigenvalue weighted by Gasteiger charge is 2.24. The quantitative estimate of drug-likeness (QED) is 0.857. The molecule has 100 valence electrons. The molecule has 0 bridgehead atoms. The molecule has 0 amide bonds. The van der Waals surface area contributed by atoms with Gasteiger partial charge in [0.25, 0.3) is 0 Å². The molecule has 0 saturated heterocycles. The minimum atomic E-state index is -1.06. The molecule has 2 aromatic carbocycles. The maximum absolute atomic E-state index is 13.0. The van der Waals surface area contributed by atoms with Crippen LogP contribution in [0.25, 0.3) is 0 Å². The summed E-state index contributed by atoms with van der Waals surface area (Å²) in [6.07, 6.45) is 0.369. The van der Waals surface area contributed by atoms with Crippen LogP contribution in [0.5, 0.6) is 0 Å². The Morgan fingerprint density at radius 3 is 2.63 bits per heavy atom. The lowest BCUT2D eigenvalue weighted by molar-refractivity contribution is 0.0574. The molecule has 2 rings (SSSR count). The third-order valence-corrected chi connectivity index (χ3v) is 3.97. The van der Waals surface area contributed by atoms with E-state index in [0.717, 1.165) is 11.1 Å². The molecule has 1 atom stereocenters. The van der Waals surface area contributed by atoms with Gasteiger partial charge in [-0.2, -0.15) is 0 Å². The van der Waals surface area contributed by atoms with E-state index in [1.807, 2.05) is 6.07 Å². The molecule has 0 aliphatic heterocycles. The molecule has 0 aliphatic carbocycles. The standard InChI is InChI=1S/C15H13BrClFO/c1-15(19,11-3-2-4-12(17)7-11)9-10-5-6-13(18)8-14(10)16/h2-8,19H,9H2,1H3. The highest BCUT2D eigenvalue weighted by atomic mass is 79.9. The van der Waals surface area contributed by atoms with Crippen molar-refractivity contribution in [1.29, 1.82) is 0 Å². The second kappa shape index (κ2) is 5.61. The van der Waals surface area contributed by atoms with E-state index < -0.39 is 5.60 Å². The van der Waals surface area contributed by atoms with Crippen molar-refractivity contribution in [2.24, 2.45) is 0 Å². The van der Waals surface area contributed by atoms with Gasteiger partial charge in [-0.1, -0.05) is 45.7 Å². The fourth-order valence-corrected chi connectivity index (χ4v) is 2.64. The van der Waals surface area contributed by atoms with Gasteiger partial charge in [-0.05, 0) is 42.3 Å². The fourth-order valence-electron chi connectivity index (χ4n) is 1.96. The van der Waals surface area contributed by atoms with Crippen molar-refractivity contribution in [1.82, 2.24) is 0 Å². The van der Waals surface area contributed by atoms with Gasteiger partial charge in [0.2, 0.25) is 0 Å². The van der Waals surface area contributed by atoms with Gasteiger partial charge in [0, 0.05) is 15.9 Å². The summed E-state index contributed by atoms with van der Waals surface area (Å²) in [6.45, 7) is 1.72. The van der Waals surface area contributed by atoms with E-state index >= 15 is 0 Å². The summed E-state index contributed by atoms with van der Waals surface area (Å²) in [5.41, 5.74) is 0.508. The Bertz CT molecular complexity index is 598. The van der Waals surface area contributed by atoms with Crippen molar-refractivity contribution in [3.63, 3.8) is 0 Å². The summed E-state index contributed by atoms with van der Waals surface area (Å²) >= 11 is 9.25. The lowest BCUT2D eigenvalue weighted by Gasteiger charge is -2.24. The van der Waals surface area contributed by atoms with Crippen LogP contribution in [-0.4, -0.2) is 5.11 Å². The Morgan fingerprint density at radius 2 is 2.00 bits per heavy atom. The number of hydrogen-bond donors (Lipinski definition) is 1. The van der Waals surface area contributed by atoms with Gasteiger partial charge in [-0.3, -0.25) is 0 Å². The summed E-state index contributed by atoms with van der Waals surface area (Å²) < 4.78 is 13.7. The number of halogens is 3. The Balaban J connectivity index is 2.30. The molecule has 0 spiro atoms. The van der Waals surface area contributed by atoms with Gasteiger partial charge in [0.1, 0.15) is 5.82 Å². The molecule has 0 aliphatic rings. The van der Waals surface area contributed by atoms with Crippen molar-refractivity contribution in [3.8, 4) is 0 Å². The average molecular weight is 344 g/mol. The number of rotatable bonds is 3. The van der Waals surface area contributed by atoms with Crippen LogP contribution in [0, 0.1) is 5.82 Å². The van der Waals surface area contributed by atoms with Crippen LogP contribution >= 0.6 is 27.5 Å². The molecule has 0 radical (unpaired) electrons. The van der Waals surface area contributed by atoms with E-state index in [-0.39, 0.29) is 5.82 Å². The normalized spacial score (nSPS) is 14.2. The van der Waals surface area contributed by atoms with E-state index in [0.29, 0.717) is 15.9 Å². The van der Waals surface area contributed by atoms with Crippen LogP contribution < -0.4 is 0 Å². The third-order valence-electron chi connectivity index (χ3n) is 3.00. The molecule has 0 saturated carbocycles. The minimum absolute atomic E-state index is 0.307. The smallest absolute Gasteiger partial charge is 0.124 e. The second-order valence-corrected chi connectivity index (χ2v) is 5.99. The summed E-state index contributed by atoms with van der Waals surface area (Å²) in [7, 11) is 0. The molecular formula is C15H13BrClFO. The van der Waals surface area contributed by atoms with Crippen LogP contribution in [0.4, 0.5) is 4.39 Å². The van der Waals surface area contributed by atoms with Gasteiger partial charge in [-0.25, -0.2) is 4.39 Å². The molecule has 1 unspecified atom stereocenters. The van der Waals surface area contributed by atoms with Gasteiger partial charge in [0.15, 0.2) is 0 Å². The van der Waals surface area contributed by atoms with E-state index in [1.165, 1.54) is 12.1 Å². The second-order valence-electron chi connectivity index (χ2n) is 4.70. The predicted octanol–water partition coefficient (Wildman–Crippen LogP) is 4.69. The highest BCUT2D eigenvalue weighted by Crippen LogP contribution is 2.30. The number of aliphatic hydroxyl groups is 1. The third kappa shape index (κ3) is 3.56. The minimum Gasteiger partial charge on any atom is -0.385 e. The summed E-state index contributed by atoms with van der Waals surface area (Å²) in [6, 6.07) is 11.6. The van der Waals surface area contributed by atoms with Crippen LogP contribution in [-0.2, 0) is 12.0 Å². The lowest BCUT2D eigenvalue weighted by Crippen LogP contribution is -2.24. The van der Waals surface area contributed by atoms with E-state index in [2.05, 4.69) is 15.9 Å². The van der Waals surface area contributed by atoms with Crippen LogP contribution in [0.2, 0.25) is 5.02 Å². The van der Waals surface area contributed by atoms with Crippen LogP contribution in [0.3, 0.4) is 0 Å². The van der Waals surface area contributed by atoms with Crippen molar-refractivity contribution < 1.29 is 9.50 Å². The van der Waals surface area contributed by atoms with Crippen LogP contribution in [0.1, 0.15) is 18.1 Å². The maximum atomic E-state index is 13.0. The monoisotopic (exact) mass is 342 g/mol. The number of benzene rings is 2. The Morgan fingerprint density at radius 1 is 1.26 bits per heavy atom. The van der Waals surface area contributed by atoms with Gasteiger partial charge < -0.3 is 5.11 Å². The van der Waals surface area contributed by atoms with E-state index in [4.69, 9.17) is 11.6 Å². The Kier molecular flexibility index (Phi) is 4.29. The Labute approximate surface area is 125 Å². The number of hydrogen-bond acceptors (Lipinski definition) is 1. The summed E-state index contributed by atoms with van der Waals surface area (Å²) in [4.78, 5) is 0. The molecule has 2 aromatic rings. The van der Waals surface area contributed by atoms with Gasteiger partial charge in [0.05, 0.1) is 5.60 Å². The van der Waals surface area contributed by atoms with Crippen molar-refractivity contribution in [3.05, 3.63) is 68.9 Å². The highest BCUT2D eigenvalue weighted by molar-refractivity contribution is 9.10. The fraction of sp³-hybridized carbons (Fsp3) is 0.200. The molecule has 0 aromatic heterocycles. The first kappa shape index (κ1) is 14.5. The average Bonchev–Trinajstić information content (AvgIpc) is 2.33. The molecule has 1 nitrogen and oxygen atoms in total. The summed E-state index contributed by atoms with van der Waals surface area (Å²) in [5, 5.41) is 11.2. The largest absolute Gasteiger partial charge is 0.385 e. The zero-order valence-corrected chi connectivity index (χ0v) is 12.7. The molecule has 0 heterocycles. The molecule has 19 heavy (non-hydrogen) atoms. The zero-order valence-electron chi connectivity index (χ0n) is 10.3.